The standard InChI is InChI=1S/C22H34N6O2/c1-4-19(29)15(3)22(30)27-9-6-5-7-18(27)17-11-20-24-21(14(2)12-28(20)25-17)26-10-8-16(23)13-26/h11-12,15-16,18-19,29H,4-10,13,23H2,1-3H3/t15?,16-,18-,19?/m0/s1. The van der Waals surface area contributed by atoms with Crippen molar-refractivity contribution in [2.24, 2.45) is 11.7 Å². The Balaban J connectivity index is 1.63. The Morgan fingerprint density at radius 1 is 1.33 bits per heavy atom. The molecule has 2 aliphatic rings. The first-order valence-corrected chi connectivity index (χ1v) is 11.2. The maximum absolute atomic E-state index is 13.1. The van der Waals surface area contributed by atoms with E-state index in [1.54, 1.807) is 0 Å². The average molecular weight is 415 g/mol. The lowest BCUT2D eigenvalue weighted by Crippen LogP contribution is -2.44. The van der Waals surface area contributed by atoms with Crippen LogP contribution in [0.3, 0.4) is 0 Å². The third kappa shape index (κ3) is 3.90. The fourth-order valence-electron chi connectivity index (χ4n) is 4.76. The van der Waals surface area contributed by atoms with Crippen LogP contribution < -0.4 is 10.6 Å². The van der Waals surface area contributed by atoms with Gasteiger partial charge in [-0.25, -0.2) is 9.50 Å². The summed E-state index contributed by atoms with van der Waals surface area (Å²) in [5, 5.41) is 15.0. The van der Waals surface area contributed by atoms with Gasteiger partial charge in [0.1, 0.15) is 5.82 Å². The summed E-state index contributed by atoms with van der Waals surface area (Å²) >= 11 is 0. The number of hydrogen-bond donors (Lipinski definition) is 2. The van der Waals surface area contributed by atoms with Crippen LogP contribution in [0.4, 0.5) is 5.82 Å². The molecule has 8 nitrogen and oxygen atoms in total. The molecule has 0 radical (unpaired) electrons. The van der Waals surface area contributed by atoms with Crippen LogP contribution in [0.5, 0.6) is 0 Å². The van der Waals surface area contributed by atoms with Gasteiger partial charge in [-0.15, -0.1) is 0 Å². The molecular formula is C22H34N6O2. The number of piperidine rings is 1. The third-order valence-electron chi connectivity index (χ3n) is 6.66. The maximum atomic E-state index is 13.1. The van der Waals surface area contributed by atoms with Crippen molar-refractivity contribution in [1.29, 1.82) is 0 Å². The molecule has 3 N–H and O–H groups in total. The zero-order chi connectivity index (χ0) is 21.4. The number of amides is 1. The number of anilines is 1. The molecule has 2 saturated heterocycles. The van der Waals surface area contributed by atoms with Crippen molar-refractivity contribution in [3.05, 3.63) is 23.5 Å². The molecule has 0 spiro atoms. The van der Waals surface area contributed by atoms with Crippen LogP contribution in [-0.4, -0.2) is 62.3 Å². The number of carbonyl (C=O) groups is 1. The molecule has 4 atom stereocenters. The lowest BCUT2D eigenvalue weighted by atomic mass is 9.94. The van der Waals surface area contributed by atoms with Crippen molar-refractivity contribution >= 4 is 17.4 Å². The van der Waals surface area contributed by atoms with E-state index < -0.39 is 12.0 Å². The predicted octanol–water partition coefficient (Wildman–Crippen LogP) is 2.04. The van der Waals surface area contributed by atoms with E-state index in [0.29, 0.717) is 13.0 Å². The van der Waals surface area contributed by atoms with Gasteiger partial charge in [-0.1, -0.05) is 13.8 Å². The molecule has 2 unspecified atom stereocenters. The van der Waals surface area contributed by atoms with Gasteiger partial charge in [0.2, 0.25) is 5.91 Å². The van der Waals surface area contributed by atoms with Crippen molar-refractivity contribution in [3.8, 4) is 0 Å². The van der Waals surface area contributed by atoms with Gasteiger partial charge in [0, 0.05) is 43.5 Å². The molecule has 4 heterocycles. The van der Waals surface area contributed by atoms with Crippen molar-refractivity contribution in [1.82, 2.24) is 19.5 Å². The number of rotatable bonds is 5. The predicted molar refractivity (Wildman–Crippen MR) is 116 cm³/mol. The van der Waals surface area contributed by atoms with Crippen molar-refractivity contribution < 1.29 is 9.90 Å². The smallest absolute Gasteiger partial charge is 0.228 e. The van der Waals surface area contributed by atoms with Crippen LogP contribution in [0.15, 0.2) is 12.3 Å². The highest BCUT2D eigenvalue weighted by Crippen LogP contribution is 2.33. The first kappa shape index (κ1) is 21.1. The summed E-state index contributed by atoms with van der Waals surface area (Å²) in [7, 11) is 0. The quantitative estimate of drug-likeness (QED) is 0.777. The molecule has 0 saturated carbocycles. The summed E-state index contributed by atoms with van der Waals surface area (Å²) in [5.41, 5.74) is 8.83. The topological polar surface area (TPSA) is 100.0 Å². The highest BCUT2D eigenvalue weighted by Gasteiger charge is 2.34. The highest BCUT2D eigenvalue weighted by molar-refractivity contribution is 5.79. The number of aliphatic hydroxyl groups is 1. The monoisotopic (exact) mass is 414 g/mol. The molecular weight excluding hydrogens is 380 g/mol. The van der Waals surface area contributed by atoms with E-state index in [1.807, 2.05) is 35.5 Å². The van der Waals surface area contributed by atoms with E-state index in [1.165, 1.54) is 0 Å². The average Bonchev–Trinajstić information content (AvgIpc) is 3.37. The molecule has 164 valence electrons. The summed E-state index contributed by atoms with van der Waals surface area (Å²) in [4.78, 5) is 22.2. The maximum Gasteiger partial charge on any atom is 0.228 e. The molecule has 0 bridgehead atoms. The van der Waals surface area contributed by atoms with Gasteiger partial charge in [-0.2, -0.15) is 5.10 Å². The molecule has 2 aliphatic heterocycles. The van der Waals surface area contributed by atoms with E-state index in [-0.39, 0.29) is 18.0 Å². The number of carbonyl (C=O) groups excluding carboxylic acids is 1. The van der Waals surface area contributed by atoms with Gasteiger partial charge in [-0.05, 0) is 39.0 Å². The van der Waals surface area contributed by atoms with Crippen LogP contribution in [0, 0.1) is 12.8 Å². The van der Waals surface area contributed by atoms with E-state index in [9.17, 15) is 9.90 Å². The molecule has 2 aromatic heterocycles. The summed E-state index contributed by atoms with van der Waals surface area (Å²) in [6.45, 7) is 8.24. The fraction of sp³-hybridized carbons (Fsp3) is 0.682. The van der Waals surface area contributed by atoms with E-state index in [0.717, 1.165) is 61.5 Å². The van der Waals surface area contributed by atoms with Crippen LogP contribution in [-0.2, 0) is 4.79 Å². The molecule has 8 heteroatoms. The summed E-state index contributed by atoms with van der Waals surface area (Å²) < 4.78 is 1.83. The lowest BCUT2D eigenvalue weighted by Gasteiger charge is -2.37. The Morgan fingerprint density at radius 3 is 2.83 bits per heavy atom. The van der Waals surface area contributed by atoms with Crippen LogP contribution >= 0.6 is 0 Å². The number of likely N-dealkylation sites (tertiary alicyclic amines) is 1. The van der Waals surface area contributed by atoms with Crippen molar-refractivity contribution in [2.75, 3.05) is 24.5 Å². The van der Waals surface area contributed by atoms with Crippen LogP contribution in [0.1, 0.15) is 63.3 Å². The molecule has 0 aliphatic carbocycles. The minimum absolute atomic E-state index is 0.0157. The number of aryl methyl sites for hydroxylation is 1. The fourth-order valence-corrected chi connectivity index (χ4v) is 4.76. The van der Waals surface area contributed by atoms with Gasteiger partial charge < -0.3 is 20.6 Å². The van der Waals surface area contributed by atoms with E-state index in [4.69, 9.17) is 15.8 Å². The molecule has 1 amide bonds. The highest BCUT2D eigenvalue weighted by atomic mass is 16.3. The normalized spacial score (nSPS) is 24.4. The lowest BCUT2D eigenvalue weighted by molar-refractivity contribution is -0.142. The number of nitrogens with zero attached hydrogens (tertiary/aromatic N) is 5. The van der Waals surface area contributed by atoms with Crippen molar-refractivity contribution in [3.63, 3.8) is 0 Å². The zero-order valence-electron chi connectivity index (χ0n) is 18.3. The second-order valence-corrected chi connectivity index (χ2v) is 8.92. The first-order valence-electron chi connectivity index (χ1n) is 11.2. The largest absolute Gasteiger partial charge is 0.392 e. The Labute approximate surface area is 178 Å². The van der Waals surface area contributed by atoms with Gasteiger partial charge >= 0.3 is 0 Å². The zero-order valence-corrected chi connectivity index (χ0v) is 18.3. The summed E-state index contributed by atoms with van der Waals surface area (Å²) in [6.07, 6.45) is 5.90. The Bertz CT molecular complexity index is 912. The van der Waals surface area contributed by atoms with E-state index in [2.05, 4.69) is 11.8 Å². The van der Waals surface area contributed by atoms with Gasteiger partial charge in [0.15, 0.2) is 5.65 Å². The second kappa shape index (κ2) is 8.51. The minimum atomic E-state index is -0.611. The third-order valence-corrected chi connectivity index (χ3v) is 6.66. The van der Waals surface area contributed by atoms with Crippen molar-refractivity contribution in [2.45, 2.75) is 71.1 Å². The van der Waals surface area contributed by atoms with Gasteiger partial charge in [0.25, 0.3) is 0 Å². The molecule has 30 heavy (non-hydrogen) atoms. The molecule has 4 rings (SSSR count). The molecule has 2 aromatic rings. The Morgan fingerprint density at radius 2 is 2.13 bits per heavy atom. The first-order chi connectivity index (χ1) is 14.4. The summed E-state index contributed by atoms with van der Waals surface area (Å²) in [6, 6.07) is 2.14. The minimum Gasteiger partial charge on any atom is -0.392 e. The number of fused-ring (bicyclic) bond motifs is 1. The summed E-state index contributed by atoms with van der Waals surface area (Å²) in [5.74, 6) is 0.583. The Hall–Kier alpha value is -2.19. The van der Waals surface area contributed by atoms with Crippen LogP contribution in [0.2, 0.25) is 0 Å². The number of nitrogens with two attached hydrogens (primary N) is 1. The van der Waals surface area contributed by atoms with Crippen LogP contribution in [0.25, 0.3) is 5.65 Å². The number of aromatic nitrogens is 3. The number of hydrogen-bond acceptors (Lipinski definition) is 6. The molecule has 0 aromatic carbocycles. The van der Waals surface area contributed by atoms with Gasteiger partial charge in [-0.3, -0.25) is 4.79 Å². The molecule has 2 fully saturated rings. The van der Waals surface area contributed by atoms with Gasteiger partial charge in [0.05, 0.1) is 23.8 Å². The van der Waals surface area contributed by atoms with E-state index >= 15 is 0 Å². The SMILES string of the molecule is CCC(O)C(C)C(=O)N1CCCC[C@H]1c1cc2nc(N3CC[C@H](N)C3)c(C)cn2n1. The second-order valence-electron chi connectivity index (χ2n) is 8.92. The number of aliphatic hydroxyl groups excluding tert-OH is 1. The Kier molecular flexibility index (Phi) is 5.97.